The Morgan fingerprint density at radius 2 is 1.77 bits per heavy atom. The lowest BCUT2D eigenvalue weighted by atomic mass is 10.1. The van der Waals surface area contributed by atoms with E-state index in [0.717, 1.165) is 0 Å². The third-order valence-electron chi connectivity index (χ3n) is 3.25. The fraction of sp³-hybridized carbons (Fsp3) is 0.0625. The summed E-state index contributed by atoms with van der Waals surface area (Å²) in [5.74, 6) is -0.123. The predicted molar refractivity (Wildman–Crippen MR) is 82.8 cm³/mol. The van der Waals surface area contributed by atoms with Crippen molar-refractivity contribution in [2.75, 3.05) is 5.32 Å². The standard InChI is InChI=1S/C16H13N3O3/c20-11-7-5-10(6-8-11)17-15(21)9-14-12-3-1-2-4-13(12)16(22)19-18-14/h1-8,20H,9H2,(H,17,21)(H,19,22). The number of hydrogen-bond donors (Lipinski definition) is 3. The lowest BCUT2D eigenvalue weighted by Gasteiger charge is -2.06. The molecule has 0 aliphatic rings. The number of benzene rings is 2. The number of phenolic OH excluding ortho intramolecular Hbond substituents is 1. The van der Waals surface area contributed by atoms with E-state index >= 15 is 0 Å². The number of phenols is 1. The van der Waals surface area contributed by atoms with E-state index in [1.54, 1.807) is 36.4 Å². The molecule has 1 heterocycles. The molecule has 1 amide bonds. The van der Waals surface area contributed by atoms with Crippen LogP contribution in [-0.4, -0.2) is 21.2 Å². The van der Waals surface area contributed by atoms with Gasteiger partial charge in [-0.05, 0) is 30.3 Å². The minimum absolute atomic E-state index is 0.0399. The maximum absolute atomic E-state index is 12.1. The number of carbonyl (C=O) groups excluding carboxylic acids is 1. The second-order valence-corrected chi connectivity index (χ2v) is 4.82. The molecule has 6 nitrogen and oxygen atoms in total. The summed E-state index contributed by atoms with van der Waals surface area (Å²) >= 11 is 0. The van der Waals surface area contributed by atoms with E-state index in [4.69, 9.17) is 0 Å². The van der Waals surface area contributed by atoms with Crippen molar-refractivity contribution in [3.05, 3.63) is 64.6 Å². The van der Waals surface area contributed by atoms with Crippen LogP contribution in [0.3, 0.4) is 0 Å². The van der Waals surface area contributed by atoms with Gasteiger partial charge in [-0.3, -0.25) is 9.59 Å². The molecule has 6 heteroatoms. The summed E-state index contributed by atoms with van der Waals surface area (Å²) in [6, 6.07) is 13.2. The average Bonchev–Trinajstić information content (AvgIpc) is 2.53. The fourth-order valence-corrected chi connectivity index (χ4v) is 2.21. The molecular formula is C16H13N3O3. The van der Waals surface area contributed by atoms with Crippen molar-refractivity contribution in [2.45, 2.75) is 6.42 Å². The zero-order chi connectivity index (χ0) is 15.5. The smallest absolute Gasteiger partial charge is 0.272 e. The van der Waals surface area contributed by atoms with E-state index in [0.29, 0.717) is 22.2 Å². The van der Waals surface area contributed by atoms with E-state index in [-0.39, 0.29) is 23.6 Å². The number of rotatable bonds is 3. The molecule has 0 unspecified atom stereocenters. The Morgan fingerprint density at radius 1 is 1.09 bits per heavy atom. The van der Waals surface area contributed by atoms with Crippen molar-refractivity contribution in [3.63, 3.8) is 0 Å². The molecule has 0 aliphatic carbocycles. The Bertz CT molecular complexity index is 885. The molecule has 0 saturated heterocycles. The Hall–Kier alpha value is -3.15. The minimum atomic E-state index is -0.279. The van der Waals surface area contributed by atoms with Crippen LogP contribution < -0.4 is 10.9 Å². The number of hydrogen-bond acceptors (Lipinski definition) is 4. The third kappa shape index (κ3) is 2.80. The zero-order valence-electron chi connectivity index (χ0n) is 11.5. The fourth-order valence-electron chi connectivity index (χ4n) is 2.21. The number of fused-ring (bicyclic) bond motifs is 1. The van der Waals surface area contributed by atoms with Crippen LogP contribution in [0.2, 0.25) is 0 Å². The minimum Gasteiger partial charge on any atom is -0.508 e. The summed E-state index contributed by atoms with van der Waals surface area (Å²) in [5, 5.41) is 19.5. The van der Waals surface area contributed by atoms with Gasteiger partial charge < -0.3 is 10.4 Å². The number of amides is 1. The van der Waals surface area contributed by atoms with Gasteiger partial charge in [0.15, 0.2) is 0 Å². The van der Waals surface area contributed by atoms with Crippen LogP contribution in [0.25, 0.3) is 10.8 Å². The van der Waals surface area contributed by atoms with Crippen molar-refractivity contribution in [3.8, 4) is 5.75 Å². The Balaban J connectivity index is 1.84. The van der Waals surface area contributed by atoms with Crippen molar-refractivity contribution < 1.29 is 9.90 Å². The highest BCUT2D eigenvalue weighted by Gasteiger charge is 2.10. The topological polar surface area (TPSA) is 95.1 Å². The first kappa shape index (κ1) is 13.8. The number of nitrogens with one attached hydrogen (secondary N) is 2. The van der Waals surface area contributed by atoms with Crippen LogP contribution in [0.4, 0.5) is 5.69 Å². The van der Waals surface area contributed by atoms with Gasteiger partial charge >= 0.3 is 0 Å². The largest absolute Gasteiger partial charge is 0.508 e. The number of nitrogens with zero attached hydrogens (tertiary/aromatic N) is 1. The first-order valence-electron chi connectivity index (χ1n) is 6.68. The summed E-state index contributed by atoms with van der Waals surface area (Å²) in [6.07, 6.45) is 0.0399. The van der Waals surface area contributed by atoms with Crippen LogP contribution in [-0.2, 0) is 11.2 Å². The first-order chi connectivity index (χ1) is 10.6. The molecule has 0 spiro atoms. The van der Waals surface area contributed by atoms with Crippen molar-refractivity contribution >= 4 is 22.4 Å². The maximum Gasteiger partial charge on any atom is 0.272 e. The van der Waals surface area contributed by atoms with Crippen molar-refractivity contribution in [2.24, 2.45) is 0 Å². The van der Waals surface area contributed by atoms with Gasteiger partial charge in [0.05, 0.1) is 17.5 Å². The second kappa shape index (κ2) is 5.69. The molecule has 0 radical (unpaired) electrons. The lowest BCUT2D eigenvalue weighted by Crippen LogP contribution is -2.18. The molecule has 2 aromatic carbocycles. The molecule has 110 valence electrons. The van der Waals surface area contributed by atoms with E-state index in [9.17, 15) is 14.7 Å². The number of anilines is 1. The highest BCUT2D eigenvalue weighted by Crippen LogP contribution is 2.16. The summed E-state index contributed by atoms with van der Waals surface area (Å²) in [5.41, 5.74) is 0.807. The van der Waals surface area contributed by atoms with Crippen molar-refractivity contribution in [1.29, 1.82) is 0 Å². The molecule has 0 aliphatic heterocycles. The van der Waals surface area contributed by atoms with Crippen LogP contribution in [0.5, 0.6) is 5.75 Å². The molecule has 0 saturated carbocycles. The highest BCUT2D eigenvalue weighted by atomic mass is 16.3. The van der Waals surface area contributed by atoms with Gasteiger partial charge in [-0.25, -0.2) is 5.10 Å². The molecular weight excluding hydrogens is 282 g/mol. The Morgan fingerprint density at radius 3 is 2.50 bits per heavy atom. The lowest BCUT2D eigenvalue weighted by molar-refractivity contribution is -0.115. The zero-order valence-corrected chi connectivity index (χ0v) is 11.5. The van der Waals surface area contributed by atoms with Gasteiger partial charge in [0.1, 0.15) is 5.75 Å². The predicted octanol–water partition coefficient (Wildman–Crippen LogP) is 1.81. The maximum atomic E-state index is 12.1. The molecule has 1 aromatic heterocycles. The molecule has 0 fully saturated rings. The van der Waals surface area contributed by atoms with Crippen LogP contribution in [0, 0.1) is 0 Å². The van der Waals surface area contributed by atoms with Crippen LogP contribution >= 0.6 is 0 Å². The molecule has 3 N–H and O–H groups in total. The summed E-state index contributed by atoms with van der Waals surface area (Å²) in [7, 11) is 0. The van der Waals surface area contributed by atoms with E-state index in [2.05, 4.69) is 15.5 Å². The second-order valence-electron chi connectivity index (χ2n) is 4.82. The normalized spacial score (nSPS) is 10.5. The summed E-state index contributed by atoms with van der Waals surface area (Å²) in [6.45, 7) is 0. The number of H-pyrrole nitrogens is 1. The van der Waals surface area contributed by atoms with E-state index < -0.39 is 0 Å². The molecule has 3 aromatic rings. The van der Waals surface area contributed by atoms with E-state index in [1.807, 2.05) is 0 Å². The van der Waals surface area contributed by atoms with Gasteiger partial charge in [-0.15, -0.1) is 0 Å². The van der Waals surface area contributed by atoms with Crippen molar-refractivity contribution in [1.82, 2.24) is 10.2 Å². The molecule has 0 atom stereocenters. The number of carbonyl (C=O) groups is 1. The highest BCUT2D eigenvalue weighted by molar-refractivity contribution is 5.95. The number of aromatic nitrogens is 2. The van der Waals surface area contributed by atoms with Gasteiger partial charge in [-0.2, -0.15) is 5.10 Å². The first-order valence-corrected chi connectivity index (χ1v) is 6.68. The van der Waals surface area contributed by atoms with Gasteiger partial charge in [0.25, 0.3) is 5.56 Å². The van der Waals surface area contributed by atoms with Gasteiger partial charge in [0.2, 0.25) is 5.91 Å². The molecule has 3 rings (SSSR count). The average molecular weight is 295 g/mol. The van der Waals surface area contributed by atoms with E-state index in [1.165, 1.54) is 12.1 Å². The van der Waals surface area contributed by atoms with Crippen LogP contribution in [0.15, 0.2) is 53.3 Å². The summed E-state index contributed by atoms with van der Waals surface area (Å²) in [4.78, 5) is 23.8. The van der Waals surface area contributed by atoms with Gasteiger partial charge in [-0.1, -0.05) is 18.2 Å². The quantitative estimate of drug-likeness (QED) is 0.642. The molecule has 0 bridgehead atoms. The Labute approximate surface area is 125 Å². The third-order valence-corrected chi connectivity index (χ3v) is 3.25. The SMILES string of the molecule is O=C(Cc1n[nH]c(=O)c2ccccc12)Nc1ccc(O)cc1. The van der Waals surface area contributed by atoms with Crippen LogP contribution in [0.1, 0.15) is 5.69 Å². The Kier molecular flexibility index (Phi) is 3.57. The van der Waals surface area contributed by atoms with Gasteiger partial charge in [0, 0.05) is 11.1 Å². The summed E-state index contributed by atoms with van der Waals surface area (Å²) < 4.78 is 0. The number of aromatic hydroxyl groups is 1. The monoisotopic (exact) mass is 295 g/mol. The number of aromatic amines is 1. The molecule has 22 heavy (non-hydrogen) atoms.